The van der Waals surface area contributed by atoms with Crippen LogP contribution in [0.15, 0.2) is 18.3 Å². The summed E-state index contributed by atoms with van der Waals surface area (Å²) in [7, 11) is 0. The van der Waals surface area contributed by atoms with Crippen LogP contribution in [0.1, 0.15) is 12.6 Å². The van der Waals surface area contributed by atoms with Crippen LogP contribution in [0, 0.1) is 0 Å². The molecule has 70 valence electrons. The highest BCUT2D eigenvalue weighted by atomic mass is 16.5. The zero-order valence-electron chi connectivity index (χ0n) is 7.36. The minimum absolute atomic E-state index is 0.0685. The molecule has 0 saturated heterocycles. The van der Waals surface area contributed by atoms with Gasteiger partial charge in [-0.3, -0.25) is 9.78 Å². The van der Waals surface area contributed by atoms with Crippen LogP contribution in [0.4, 0.5) is 0 Å². The van der Waals surface area contributed by atoms with E-state index in [9.17, 15) is 4.79 Å². The first-order chi connectivity index (χ1) is 6.22. The zero-order valence-corrected chi connectivity index (χ0v) is 7.36. The van der Waals surface area contributed by atoms with Gasteiger partial charge in [-0.1, -0.05) is 0 Å². The number of ether oxygens (including phenoxy) is 1. The van der Waals surface area contributed by atoms with E-state index >= 15 is 0 Å². The third-order valence-electron chi connectivity index (χ3n) is 1.43. The first-order valence-corrected chi connectivity index (χ1v) is 4.02. The molecule has 0 aliphatic rings. The molecule has 0 radical (unpaired) electrons. The molecule has 1 aromatic rings. The summed E-state index contributed by atoms with van der Waals surface area (Å²) in [4.78, 5) is 14.3. The molecule has 0 bridgehead atoms. The van der Waals surface area contributed by atoms with Gasteiger partial charge in [0.15, 0.2) is 0 Å². The van der Waals surface area contributed by atoms with E-state index in [2.05, 4.69) is 4.98 Å². The molecule has 0 spiro atoms. The van der Waals surface area contributed by atoms with Crippen molar-refractivity contribution in [3.63, 3.8) is 0 Å². The normalized spacial score (nSPS) is 9.62. The number of hydrogen-bond acceptors (Lipinski definition) is 3. The Bertz CT molecular complexity index is 299. The monoisotopic (exact) mass is 181 g/mol. The Hall–Kier alpha value is -1.58. The molecule has 0 unspecified atom stereocenters. The van der Waals surface area contributed by atoms with E-state index in [4.69, 9.17) is 9.84 Å². The Morgan fingerprint density at radius 2 is 2.46 bits per heavy atom. The van der Waals surface area contributed by atoms with Gasteiger partial charge in [0.25, 0.3) is 0 Å². The second-order valence-electron chi connectivity index (χ2n) is 2.49. The Morgan fingerprint density at radius 3 is 3.08 bits per heavy atom. The molecule has 1 rings (SSSR count). The van der Waals surface area contributed by atoms with Crippen LogP contribution in [0.25, 0.3) is 0 Å². The number of aromatic nitrogens is 1. The fourth-order valence-electron chi connectivity index (χ4n) is 0.964. The van der Waals surface area contributed by atoms with E-state index in [-0.39, 0.29) is 6.42 Å². The summed E-state index contributed by atoms with van der Waals surface area (Å²) < 4.78 is 5.20. The fourth-order valence-corrected chi connectivity index (χ4v) is 0.964. The first kappa shape index (κ1) is 9.51. The van der Waals surface area contributed by atoms with Crippen molar-refractivity contribution in [2.24, 2.45) is 0 Å². The molecular formula is C9H11NO3. The van der Waals surface area contributed by atoms with E-state index < -0.39 is 5.97 Å². The second-order valence-corrected chi connectivity index (χ2v) is 2.49. The van der Waals surface area contributed by atoms with Crippen molar-refractivity contribution in [2.75, 3.05) is 6.61 Å². The minimum atomic E-state index is -0.888. The topological polar surface area (TPSA) is 59.4 Å². The van der Waals surface area contributed by atoms with Gasteiger partial charge < -0.3 is 9.84 Å². The molecule has 4 heteroatoms. The van der Waals surface area contributed by atoms with Crippen molar-refractivity contribution in [1.29, 1.82) is 0 Å². The molecule has 1 aromatic heterocycles. The highest BCUT2D eigenvalue weighted by molar-refractivity contribution is 5.69. The van der Waals surface area contributed by atoms with Crippen LogP contribution in [0.5, 0.6) is 5.75 Å². The number of nitrogens with zero attached hydrogens (tertiary/aromatic N) is 1. The van der Waals surface area contributed by atoms with Crippen molar-refractivity contribution in [3.05, 3.63) is 24.0 Å². The van der Waals surface area contributed by atoms with Crippen LogP contribution in [-0.4, -0.2) is 22.7 Å². The lowest BCUT2D eigenvalue weighted by Gasteiger charge is -2.03. The molecule has 1 N–H and O–H groups in total. The Labute approximate surface area is 76.2 Å². The first-order valence-electron chi connectivity index (χ1n) is 4.02. The number of carboxylic acids is 1. The lowest BCUT2D eigenvalue weighted by Crippen LogP contribution is -2.02. The fraction of sp³-hybridized carbons (Fsp3) is 0.333. The maximum Gasteiger partial charge on any atom is 0.309 e. The molecular weight excluding hydrogens is 170 g/mol. The third-order valence-corrected chi connectivity index (χ3v) is 1.43. The lowest BCUT2D eigenvalue weighted by molar-refractivity contribution is -0.136. The summed E-state index contributed by atoms with van der Waals surface area (Å²) in [5.41, 5.74) is 0.512. The van der Waals surface area contributed by atoms with E-state index in [1.54, 1.807) is 18.3 Å². The average molecular weight is 181 g/mol. The van der Waals surface area contributed by atoms with Gasteiger partial charge in [0, 0.05) is 12.3 Å². The Balaban J connectivity index is 2.73. The van der Waals surface area contributed by atoms with E-state index in [1.165, 1.54) is 0 Å². The number of pyridine rings is 1. The lowest BCUT2D eigenvalue weighted by atomic mass is 10.2. The molecule has 0 aliphatic carbocycles. The van der Waals surface area contributed by atoms with Gasteiger partial charge in [0.1, 0.15) is 5.75 Å². The summed E-state index contributed by atoms with van der Waals surface area (Å²) in [6.07, 6.45) is 1.48. The number of carboxylic acid groups (broad SMARTS) is 1. The van der Waals surface area contributed by atoms with E-state index in [1.807, 2.05) is 6.92 Å². The molecule has 1 heterocycles. The van der Waals surface area contributed by atoms with Crippen molar-refractivity contribution in [2.45, 2.75) is 13.3 Å². The summed E-state index contributed by atoms with van der Waals surface area (Å²) in [6.45, 7) is 2.44. The largest absolute Gasteiger partial charge is 0.494 e. The quantitative estimate of drug-likeness (QED) is 0.755. The van der Waals surface area contributed by atoms with E-state index in [0.717, 1.165) is 0 Å². The zero-order chi connectivity index (χ0) is 9.68. The molecule has 0 fully saturated rings. The molecule has 13 heavy (non-hydrogen) atoms. The molecule has 0 aromatic carbocycles. The maximum absolute atomic E-state index is 10.4. The van der Waals surface area contributed by atoms with Crippen LogP contribution in [0.3, 0.4) is 0 Å². The molecule has 0 saturated carbocycles. The average Bonchev–Trinajstić information content (AvgIpc) is 2.04. The van der Waals surface area contributed by atoms with Crippen molar-refractivity contribution < 1.29 is 14.6 Å². The van der Waals surface area contributed by atoms with Crippen LogP contribution in [-0.2, 0) is 11.2 Å². The van der Waals surface area contributed by atoms with Crippen LogP contribution < -0.4 is 4.74 Å². The summed E-state index contributed by atoms with van der Waals surface area (Å²) in [5, 5.41) is 8.51. The predicted molar refractivity (Wildman–Crippen MR) is 46.7 cm³/mol. The molecule has 0 amide bonds. The van der Waals surface area contributed by atoms with Gasteiger partial charge >= 0.3 is 5.97 Å². The number of aliphatic carboxylic acids is 1. The van der Waals surface area contributed by atoms with Gasteiger partial charge in [-0.15, -0.1) is 0 Å². The predicted octanol–water partition coefficient (Wildman–Crippen LogP) is 1.11. The van der Waals surface area contributed by atoms with Crippen molar-refractivity contribution in [3.8, 4) is 5.75 Å². The standard InChI is InChI=1S/C9H11NO3/c1-2-13-8-3-4-10-7(5-8)6-9(11)12/h3-5H,2,6H2,1H3,(H,11,12). The van der Waals surface area contributed by atoms with Gasteiger partial charge in [-0.2, -0.15) is 0 Å². The number of hydrogen-bond donors (Lipinski definition) is 1. The summed E-state index contributed by atoms with van der Waals surface area (Å²) >= 11 is 0. The molecule has 0 atom stereocenters. The van der Waals surface area contributed by atoms with E-state index in [0.29, 0.717) is 18.1 Å². The third kappa shape index (κ3) is 3.11. The maximum atomic E-state index is 10.4. The van der Waals surface area contributed by atoms with Gasteiger partial charge in [-0.05, 0) is 13.0 Å². The Kier molecular flexibility index (Phi) is 3.25. The SMILES string of the molecule is CCOc1ccnc(CC(=O)O)c1. The van der Waals surface area contributed by atoms with Crippen molar-refractivity contribution >= 4 is 5.97 Å². The second kappa shape index (κ2) is 4.45. The molecule has 4 nitrogen and oxygen atoms in total. The van der Waals surface area contributed by atoms with Gasteiger partial charge in [0.2, 0.25) is 0 Å². The number of carbonyl (C=O) groups is 1. The van der Waals surface area contributed by atoms with Crippen LogP contribution in [0.2, 0.25) is 0 Å². The van der Waals surface area contributed by atoms with Gasteiger partial charge in [-0.25, -0.2) is 0 Å². The van der Waals surface area contributed by atoms with Gasteiger partial charge in [0.05, 0.1) is 18.7 Å². The van der Waals surface area contributed by atoms with Crippen LogP contribution >= 0.6 is 0 Å². The smallest absolute Gasteiger partial charge is 0.309 e. The van der Waals surface area contributed by atoms with Crippen molar-refractivity contribution in [1.82, 2.24) is 4.98 Å². The highest BCUT2D eigenvalue weighted by Gasteiger charge is 2.02. The summed E-state index contributed by atoms with van der Waals surface area (Å²) in [5.74, 6) is -0.227. The highest BCUT2D eigenvalue weighted by Crippen LogP contribution is 2.10. The molecule has 0 aliphatic heterocycles. The number of rotatable bonds is 4. The Morgan fingerprint density at radius 1 is 1.69 bits per heavy atom. The minimum Gasteiger partial charge on any atom is -0.494 e. The summed E-state index contributed by atoms with van der Waals surface area (Å²) in [6, 6.07) is 3.34.